The zero-order valence-corrected chi connectivity index (χ0v) is 40.6. The summed E-state index contributed by atoms with van der Waals surface area (Å²) in [6, 6.07) is 20.1. The molecule has 340 valence electrons. The van der Waals surface area contributed by atoms with E-state index in [0.717, 1.165) is 56.6 Å². The van der Waals surface area contributed by atoms with Crippen molar-refractivity contribution < 1.29 is 28.0 Å². The van der Waals surface area contributed by atoms with Crippen LogP contribution in [0.1, 0.15) is 113 Å². The fourth-order valence-corrected chi connectivity index (χ4v) is 9.33. The molecule has 11 nitrogen and oxygen atoms in total. The topological polar surface area (TPSA) is 153 Å². The molecule has 2 amide bonds. The van der Waals surface area contributed by atoms with Gasteiger partial charge in [0.25, 0.3) is 11.8 Å². The molecule has 4 heterocycles. The summed E-state index contributed by atoms with van der Waals surface area (Å²) in [5.74, 6) is -1.39. The minimum absolute atomic E-state index is 0.107. The van der Waals surface area contributed by atoms with Gasteiger partial charge in [-0.25, -0.2) is 18.7 Å². The number of Topliss-reactive ketones (excluding diaryl/α,β-unsaturated/α-hetero) is 2. The minimum Gasteiger partial charge on any atom is -0.355 e. The number of hydrogen-bond donors (Lipinski definition) is 3. The Morgan fingerprint density at radius 2 is 1.03 bits per heavy atom. The van der Waals surface area contributed by atoms with Crippen molar-refractivity contribution in [2.75, 3.05) is 25.1 Å². The molecule has 65 heavy (non-hydrogen) atoms. The third kappa shape index (κ3) is 11.7. The van der Waals surface area contributed by atoms with Gasteiger partial charge in [0.2, 0.25) is 0 Å². The number of nitrogens with two attached hydrogens (primary N) is 1. The SMILES string of the molecule is CCCCCCCC(=O)c1ccc2c(c1)sc1nc(-c3ccc(C(=O)NC)cc3F)cn12.CCI.CNC(=O)c1ccc(-c2cn3c(n2)sc2cc(C(=O)CCCCN)ccc23)c(F)c1. The maximum absolute atomic E-state index is 14.6. The molecule has 0 spiro atoms. The number of nitrogens with one attached hydrogen (secondary N) is 2. The standard InChI is InChI=1S/C25H26FN3O2S.C22H21FN4O2S.C2H5I/c1-3-4-5-6-7-8-22(30)16-10-12-21-23(14-16)32-25-28-20(15-29(21)25)18-11-9-17(13-19(18)26)24(31)27-2;1-25-21(29)14-5-7-15(16(23)10-14)17-12-27-18-8-6-13(19(28)4-2-3-9-24)11-20(18)30-22(27)26-17;1-2-3/h9-15H,3-8H2,1-2H3,(H,27,31);5-8,10-12H,2-4,9,24H2,1H3,(H,25,29);2H2,1H3. The van der Waals surface area contributed by atoms with Crippen LogP contribution in [0.2, 0.25) is 0 Å². The summed E-state index contributed by atoms with van der Waals surface area (Å²) in [6.07, 6.45) is 11.9. The fraction of sp³-hybridized carbons (Fsp3) is 0.306. The molecule has 0 aliphatic rings. The van der Waals surface area contributed by atoms with Gasteiger partial charge in [0.05, 0.1) is 31.8 Å². The van der Waals surface area contributed by atoms with Gasteiger partial charge in [-0.1, -0.05) is 84.8 Å². The van der Waals surface area contributed by atoms with E-state index in [-0.39, 0.29) is 34.5 Å². The van der Waals surface area contributed by atoms with Gasteiger partial charge in [-0.2, -0.15) is 0 Å². The average Bonchev–Trinajstić information content (AvgIpc) is 4.08. The molecule has 4 aromatic heterocycles. The number of carbonyl (C=O) groups excluding carboxylic acids is 4. The van der Waals surface area contributed by atoms with Crippen molar-refractivity contribution in [3.05, 3.63) is 119 Å². The first-order chi connectivity index (χ1) is 31.4. The van der Waals surface area contributed by atoms with Gasteiger partial charge < -0.3 is 16.4 Å². The Bertz CT molecular complexity index is 2970. The lowest BCUT2D eigenvalue weighted by atomic mass is 10.0. The van der Waals surface area contributed by atoms with Crippen LogP contribution in [-0.2, 0) is 0 Å². The number of carbonyl (C=O) groups is 4. The fourth-order valence-electron chi connectivity index (χ4n) is 7.23. The molecule has 0 bridgehead atoms. The summed E-state index contributed by atoms with van der Waals surface area (Å²) in [7, 11) is 3.01. The molecule has 0 aliphatic heterocycles. The Morgan fingerprint density at radius 3 is 1.43 bits per heavy atom. The van der Waals surface area contributed by atoms with Gasteiger partial charge in [-0.15, -0.1) is 0 Å². The Morgan fingerprint density at radius 1 is 0.615 bits per heavy atom. The van der Waals surface area contributed by atoms with E-state index in [1.165, 1.54) is 72.6 Å². The summed E-state index contributed by atoms with van der Waals surface area (Å²) >= 11 is 5.21. The average molecular weight is 1030 g/mol. The molecule has 0 fully saturated rings. The highest BCUT2D eigenvalue weighted by molar-refractivity contribution is 14.1. The molecule has 4 aromatic carbocycles. The molecule has 0 saturated carbocycles. The molecular weight excluding hydrogens is 980 g/mol. The summed E-state index contributed by atoms with van der Waals surface area (Å²) in [6.45, 7) is 4.88. The van der Waals surface area contributed by atoms with E-state index in [9.17, 15) is 28.0 Å². The number of halogens is 3. The van der Waals surface area contributed by atoms with Gasteiger partial charge in [-0.3, -0.25) is 28.0 Å². The number of aromatic nitrogens is 4. The number of thiazole rings is 2. The van der Waals surface area contributed by atoms with E-state index >= 15 is 0 Å². The van der Waals surface area contributed by atoms with Crippen molar-refractivity contribution in [2.45, 2.75) is 71.6 Å². The summed E-state index contributed by atoms with van der Waals surface area (Å²) < 4.78 is 36.2. The van der Waals surface area contributed by atoms with Crippen molar-refractivity contribution in [1.29, 1.82) is 0 Å². The number of rotatable bonds is 16. The summed E-state index contributed by atoms with van der Waals surface area (Å²) in [5.41, 5.74) is 10.9. The third-order valence-electron chi connectivity index (χ3n) is 10.7. The highest BCUT2D eigenvalue weighted by Gasteiger charge is 2.18. The first-order valence-corrected chi connectivity index (χ1v) is 24.8. The predicted octanol–water partition coefficient (Wildman–Crippen LogP) is 11.7. The zero-order valence-electron chi connectivity index (χ0n) is 36.8. The number of amides is 2. The molecule has 0 radical (unpaired) electrons. The molecule has 8 rings (SSSR count). The second-order valence-electron chi connectivity index (χ2n) is 15.2. The minimum atomic E-state index is -0.503. The number of benzene rings is 4. The zero-order chi connectivity index (χ0) is 46.6. The second-order valence-corrected chi connectivity index (χ2v) is 18.7. The highest BCUT2D eigenvalue weighted by atomic mass is 127. The second kappa shape index (κ2) is 23.2. The van der Waals surface area contributed by atoms with Gasteiger partial charge in [0, 0.05) is 72.7 Å². The highest BCUT2D eigenvalue weighted by Crippen LogP contribution is 2.33. The predicted molar refractivity (Wildman–Crippen MR) is 268 cm³/mol. The van der Waals surface area contributed by atoms with E-state index in [1.807, 2.05) is 45.2 Å². The van der Waals surface area contributed by atoms with E-state index in [0.29, 0.717) is 52.4 Å². The smallest absolute Gasteiger partial charge is 0.251 e. The number of unbranched alkanes of at least 4 members (excludes halogenated alkanes) is 5. The van der Waals surface area contributed by atoms with Crippen LogP contribution in [0.25, 0.3) is 52.9 Å². The molecule has 0 saturated heterocycles. The Labute approximate surface area is 398 Å². The lowest BCUT2D eigenvalue weighted by molar-refractivity contribution is 0.0954. The molecule has 0 aliphatic carbocycles. The molecule has 16 heteroatoms. The van der Waals surface area contributed by atoms with Crippen LogP contribution < -0.4 is 16.4 Å². The van der Waals surface area contributed by atoms with Crippen molar-refractivity contribution in [1.82, 2.24) is 29.4 Å². The Balaban J connectivity index is 0.000000204. The maximum Gasteiger partial charge on any atom is 0.251 e. The van der Waals surface area contributed by atoms with E-state index in [1.54, 1.807) is 36.7 Å². The lowest BCUT2D eigenvalue weighted by Gasteiger charge is -2.03. The summed E-state index contributed by atoms with van der Waals surface area (Å²) in [5, 5.41) is 4.97. The first kappa shape index (κ1) is 49.0. The van der Waals surface area contributed by atoms with Crippen LogP contribution >= 0.6 is 45.3 Å². The number of nitrogens with zero attached hydrogens (tertiary/aromatic N) is 4. The van der Waals surface area contributed by atoms with Gasteiger partial charge in [0.1, 0.15) is 11.6 Å². The quantitative estimate of drug-likeness (QED) is 0.0377. The molecule has 8 aromatic rings. The maximum atomic E-state index is 14.6. The number of ketones is 2. The van der Waals surface area contributed by atoms with Crippen LogP contribution in [0, 0.1) is 11.6 Å². The largest absolute Gasteiger partial charge is 0.355 e. The van der Waals surface area contributed by atoms with Crippen molar-refractivity contribution in [2.24, 2.45) is 5.73 Å². The van der Waals surface area contributed by atoms with Gasteiger partial charge in [0.15, 0.2) is 21.5 Å². The number of imidazole rings is 2. The molecular formula is C49H52F2IN7O4S2. The number of fused-ring (bicyclic) bond motifs is 6. The van der Waals surface area contributed by atoms with E-state index in [2.05, 4.69) is 57.0 Å². The first-order valence-electron chi connectivity index (χ1n) is 21.6. The number of hydrogen-bond acceptors (Lipinski definition) is 9. The van der Waals surface area contributed by atoms with Crippen molar-refractivity contribution in [3.8, 4) is 22.5 Å². The van der Waals surface area contributed by atoms with E-state index < -0.39 is 11.6 Å². The normalized spacial score (nSPS) is 11.1. The molecule has 0 atom stereocenters. The van der Waals surface area contributed by atoms with Gasteiger partial charge in [-0.05, 0) is 103 Å². The van der Waals surface area contributed by atoms with E-state index in [4.69, 9.17) is 5.73 Å². The monoisotopic (exact) mass is 1030 g/mol. The summed E-state index contributed by atoms with van der Waals surface area (Å²) in [4.78, 5) is 58.9. The van der Waals surface area contributed by atoms with Crippen LogP contribution in [0.15, 0.2) is 85.2 Å². The Kier molecular flexibility index (Phi) is 17.5. The van der Waals surface area contributed by atoms with Gasteiger partial charge >= 0.3 is 0 Å². The van der Waals surface area contributed by atoms with Crippen molar-refractivity contribution in [3.63, 3.8) is 0 Å². The third-order valence-corrected chi connectivity index (χ3v) is 12.7. The van der Waals surface area contributed by atoms with Crippen LogP contribution in [0.3, 0.4) is 0 Å². The molecule has 0 unspecified atom stereocenters. The lowest BCUT2D eigenvalue weighted by Crippen LogP contribution is -2.17. The van der Waals surface area contributed by atoms with Crippen LogP contribution in [0.5, 0.6) is 0 Å². The molecule has 4 N–H and O–H groups in total. The van der Waals surface area contributed by atoms with Crippen LogP contribution in [-0.4, -0.2) is 67.2 Å². The van der Waals surface area contributed by atoms with Crippen molar-refractivity contribution >= 4 is 99.0 Å². The number of alkyl halides is 1. The Hall–Kier alpha value is -5.43. The van der Waals surface area contributed by atoms with Crippen LogP contribution in [0.4, 0.5) is 8.78 Å².